The van der Waals surface area contributed by atoms with Crippen LogP contribution in [0.1, 0.15) is 38.7 Å². The van der Waals surface area contributed by atoms with Crippen LogP contribution in [0.2, 0.25) is 0 Å². The third-order valence-electron chi connectivity index (χ3n) is 5.13. The second-order valence-electron chi connectivity index (χ2n) is 7.40. The number of sulfonamides is 1. The molecule has 0 saturated carbocycles. The number of amides is 2. The Morgan fingerprint density at radius 2 is 1.72 bits per heavy atom. The summed E-state index contributed by atoms with van der Waals surface area (Å²) in [5.41, 5.74) is 1.28. The lowest BCUT2D eigenvalue weighted by molar-refractivity contribution is -0.881. The number of benzene rings is 1. The molecule has 8 nitrogen and oxygen atoms in total. The summed E-state index contributed by atoms with van der Waals surface area (Å²) >= 11 is 0. The van der Waals surface area contributed by atoms with Crippen molar-refractivity contribution < 1.29 is 22.9 Å². The molecule has 3 N–H and O–H groups in total. The Balaban J connectivity index is 2.09. The lowest BCUT2D eigenvalue weighted by Crippen LogP contribution is -3.14. The lowest BCUT2D eigenvalue weighted by Gasteiger charge is -2.26. The van der Waals surface area contributed by atoms with E-state index in [1.54, 1.807) is 12.1 Å². The molecule has 9 heteroatoms. The molecule has 0 radical (unpaired) electrons. The first-order chi connectivity index (χ1) is 13.8. The number of hydrogen-bond acceptors (Lipinski definition) is 4. The minimum absolute atomic E-state index is 0.0945. The van der Waals surface area contributed by atoms with Gasteiger partial charge in [-0.05, 0) is 51.3 Å². The molecule has 1 fully saturated rings. The van der Waals surface area contributed by atoms with Gasteiger partial charge in [0, 0.05) is 25.3 Å². The van der Waals surface area contributed by atoms with E-state index < -0.39 is 10.0 Å². The van der Waals surface area contributed by atoms with Crippen molar-refractivity contribution in [2.24, 2.45) is 0 Å². The Kier molecular flexibility index (Phi) is 8.60. The van der Waals surface area contributed by atoms with Crippen LogP contribution >= 0.6 is 0 Å². The summed E-state index contributed by atoms with van der Waals surface area (Å²) in [4.78, 5) is 25.3. The third-order valence-corrected chi connectivity index (χ3v) is 7.03. The molecule has 0 aliphatic carbocycles. The van der Waals surface area contributed by atoms with Crippen LogP contribution in [0.4, 0.5) is 5.69 Å². The van der Waals surface area contributed by atoms with Gasteiger partial charge in [0.1, 0.15) is 0 Å². The zero-order valence-corrected chi connectivity index (χ0v) is 18.4. The average molecular weight is 426 g/mol. The van der Waals surface area contributed by atoms with Gasteiger partial charge in [-0.1, -0.05) is 12.5 Å². The maximum atomic E-state index is 12.9. The quantitative estimate of drug-likeness (QED) is 0.524. The molecule has 1 aromatic rings. The van der Waals surface area contributed by atoms with Gasteiger partial charge in [0.25, 0.3) is 11.8 Å². The molecule has 1 atom stereocenters. The summed E-state index contributed by atoms with van der Waals surface area (Å²) < 4.78 is 27.3. The number of rotatable bonds is 9. The number of aryl methyl sites for hydroxylation is 1. The van der Waals surface area contributed by atoms with E-state index in [1.807, 2.05) is 20.8 Å². The standard InChI is InChI=1S/C20H32N4O4S/c1-4-21-19(25)14-23(5-2)15-20(26)22-18-13-17(10-9-16(18)3)29(27,28)24-11-7-6-8-12-24/h9-10,13H,4-8,11-12,14-15H2,1-3H3,(H,21,25)(H,22,26)/p+1. The molecule has 2 amide bonds. The van der Waals surface area contributed by atoms with Crippen molar-refractivity contribution in [1.29, 1.82) is 0 Å². The molecule has 0 bridgehead atoms. The average Bonchev–Trinajstić information content (AvgIpc) is 2.69. The van der Waals surface area contributed by atoms with E-state index in [0.717, 1.165) is 29.7 Å². The number of hydrogen-bond donors (Lipinski definition) is 3. The molecule has 2 rings (SSSR count). The molecule has 1 unspecified atom stereocenters. The van der Waals surface area contributed by atoms with Gasteiger partial charge in [0.05, 0.1) is 11.4 Å². The molecule has 162 valence electrons. The van der Waals surface area contributed by atoms with Crippen LogP contribution in [0.5, 0.6) is 0 Å². The number of nitrogens with zero attached hydrogens (tertiary/aromatic N) is 1. The van der Waals surface area contributed by atoms with Crippen molar-refractivity contribution in [1.82, 2.24) is 9.62 Å². The van der Waals surface area contributed by atoms with Crippen LogP contribution < -0.4 is 15.5 Å². The fourth-order valence-corrected chi connectivity index (χ4v) is 4.92. The minimum atomic E-state index is -3.56. The summed E-state index contributed by atoms with van der Waals surface area (Å²) in [6, 6.07) is 4.84. The largest absolute Gasteiger partial charge is 0.351 e. The van der Waals surface area contributed by atoms with Gasteiger partial charge < -0.3 is 15.5 Å². The highest BCUT2D eigenvalue weighted by atomic mass is 32.2. The molecule has 29 heavy (non-hydrogen) atoms. The van der Waals surface area contributed by atoms with Crippen molar-refractivity contribution in [2.75, 3.05) is 44.6 Å². The maximum Gasteiger partial charge on any atom is 0.279 e. The summed E-state index contributed by atoms with van der Waals surface area (Å²) in [7, 11) is -3.56. The second kappa shape index (κ2) is 10.7. The second-order valence-corrected chi connectivity index (χ2v) is 9.34. The van der Waals surface area contributed by atoms with Gasteiger partial charge in [0.15, 0.2) is 13.1 Å². The molecule has 0 aromatic heterocycles. The lowest BCUT2D eigenvalue weighted by atomic mass is 10.2. The molecule has 0 spiro atoms. The summed E-state index contributed by atoms with van der Waals surface area (Å²) in [5.74, 6) is -0.343. The zero-order valence-electron chi connectivity index (χ0n) is 17.6. The Labute approximate surface area is 173 Å². The van der Waals surface area contributed by atoms with Gasteiger partial charge in [-0.2, -0.15) is 4.31 Å². The summed E-state index contributed by atoms with van der Waals surface area (Å²) in [6.07, 6.45) is 2.79. The zero-order chi connectivity index (χ0) is 21.4. The highest BCUT2D eigenvalue weighted by Gasteiger charge is 2.26. The van der Waals surface area contributed by atoms with Crippen molar-refractivity contribution in [3.8, 4) is 0 Å². The predicted octanol–water partition coefficient (Wildman–Crippen LogP) is 0.149. The molecular weight excluding hydrogens is 392 g/mol. The summed E-state index contributed by atoms with van der Waals surface area (Å²) in [5, 5.41) is 5.56. The SMILES string of the molecule is CCNC(=O)C[NH+](CC)CC(=O)Nc1cc(S(=O)(=O)N2CCCCC2)ccc1C. The number of quaternary nitrogens is 1. The highest BCUT2D eigenvalue weighted by molar-refractivity contribution is 7.89. The van der Waals surface area contributed by atoms with E-state index in [-0.39, 0.29) is 29.8 Å². The molecule has 1 heterocycles. The number of carbonyl (C=O) groups is 2. The van der Waals surface area contributed by atoms with E-state index >= 15 is 0 Å². The fourth-order valence-electron chi connectivity index (χ4n) is 3.37. The first-order valence-corrected chi connectivity index (χ1v) is 11.7. The van der Waals surface area contributed by atoms with Crippen LogP contribution in [0, 0.1) is 6.92 Å². The Morgan fingerprint density at radius 3 is 2.34 bits per heavy atom. The van der Waals surface area contributed by atoms with Gasteiger partial charge >= 0.3 is 0 Å². The first-order valence-electron chi connectivity index (χ1n) is 10.3. The van der Waals surface area contributed by atoms with Crippen molar-refractivity contribution in [3.05, 3.63) is 23.8 Å². The number of anilines is 1. The summed E-state index contributed by atoms with van der Waals surface area (Å²) in [6.45, 7) is 8.21. The van der Waals surface area contributed by atoms with Crippen molar-refractivity contribution >= 4 is 27.5 Å². The fraction of sp³-hybridized carbons (Fsp3) is 0.600. The number of piperidine rings is 1. The Bertz CT molecular complexity index is 820. The van der Waals surface area contributed by atoms with Gasteiger partial charge in [-0.3, -0.25) is 9.59 Å². The Morgan fingerprint density at radius 1 is 1.07 bits per heavy atom. The number of likely N-dealkylation sites (N-methyl/N-ethyl adjacent to an activating group) is 2. The Hall–Kier alpha value is -1.97. The van der Waals surface area contributed by atoms with Crippen LogP contribution in [-0.2, 0) is 19.6 Å². The van der Waals surface area contributed by atoms with Crippen LogP contribution in [0.3, 0.4) is 0 Å². The predicted molar refractivity (Wildman–Crippen MR) is 112 cm³/mol. The van der Waals surface area contributed by atoms with E-state index in [2.05, 4.69) is 10.6 Å². The monoisotopic (exact) mass is 425 g/mol. The van der Waals surface area contributed by atoms with E-state index in [4.69, 9.17) is 0 Å². The van der Waals surface area contributed by atoms with E-state index in [0.29, 0.717) is 31.9 Å². The smallest absolute Gasteiger partial charge is 0.279 e. The maximum absolute atomic E-state index is 12.9. The topological polar surface area (TPSA) is 100 Å². The minimum Gasteiger partial charge on any atom is -0.351 e. The van der Waals surface area contributed by atoms with E-state index in [9.17, 15) is 18.0 Å². The van der Waals surface area contributed by atoms with Crippen LogP contribution in [-0.4, -0.2) is 63.8 Å². The van der Waals surface area contributed by atoms with Crippen LogP contribution in [0.25, 0.3) is 0 Å². The first kappa shape index (κ1) is 23.3. The third kappa shape index (κ3) is 6.52. The highest BCUT2D eigenvalue weighted by Crippen LogP contribution is 2.25. The van der Waals surface area contributed by atoms with Gasteiger partial charge in [-0.25, -0.2) is 8.42 Å². The molecule has 1 saturated heterocycles. The van der Waals surface area contributed by atoms with E-state index in [1.165, 1.54) is 10.4 Å². The molecule has 1 aliphatic rings. The molecule has 1 aliphatic heterocycles. The van der Waals surface area contributed by atoms with Gasteiger partial charge in [0.2, 0.25) is 10.0 Å². The van der Waals surface area contributed by atoms with Gasteiger partial charge in [-0.15, -0.1) is 0 Å². The molecule has 1 aromatic carbocycles. The van der Waals surface area contributed by atoms with Crippen LogP contribution in [0.15, 0.2) is 23.1 Å². The molecular formula is C20H33N4O4S+. The number of carbonyl (C=O) groups excluding carboxylic acids is 2. The van der Waals surface area contributed by atoms with Crippen molar-refractivity contribution in [2.45, 2.75) is 44.9 Å². The normalized spacial score (nSPS) is 16.2. The number of nitrogens with one attached hydrogen (secondary N) is 3. The van der Waals surface area contributed by atoms with Crippen molar-refractivity contribution in [3.63, 3.8) is 0 Å².